The second-order valence-corrected chi connectivity index (χ2v) is 6.22. The predicted molar refractivity (Wildman–Crippen MR) is 75.5 cm³/mol. The molecule has 0 saturated carbocycles. The van der Waals surface area contributed by atoms with Gasteiger partial charge in [0.2, 0.25) is 10.0 Å². The summed E-state index contributed by atoms with van der Waals surface area (Å²) in [6.45, 7) is 0.132. The fourth-order valence-electron chi connectivity index (χ4n) is 1.60. The smallest absolute Gasteiger partial charge is 0.335 e. The number of carbonyl (C=O) groups is 2. The van der Waals surface area contributed by atoms with E-state index in [2.05, 4.69) is 9.46 Å². The Morgan fingerprint density at radius 2 is 2.05 bits per heavy atom. The van der Waals surface area contributed by atoms with Crippen LogP contribution in [0.4, 0.5) is 0 Å². The van der Waals surface area contributed by atoms with Crippen molar-refractivity contribution in [3.63, 3.8) is 0 Å². The van der Waals surface area contributed by atoms with Crippen LogP contribution in [0.25, 0.3) is 0 Å². The molecule has 0 radical (unpaired) electrons. The highest BCUT2D eigenvalue weighted by Gasteiger charge is 2.13. The zero-order valence-electron chi connectivity index (χ0n) is 11.5. The summed E-state index contributed by atoms with van der Waals surface area (Å²) in [4.78, 5) is 21.7. The van der Waals surface area contributed by atoms with Gasteiger partial charge in [-0.05, 0) is 24.1 Å². The monoisotopic (exact) mass is 315 g/mol. The first-order valence-corrected chi connectivity index (χ1v) is 7.85. The number of aromatic carboxylic acids is 1. The van der Waals surface area contributed by atoms with Gasteiger partial charge in [-0.15, -0.1) is 0 Å². The van der Waals surface area contributed by atoms with Crippen molar-refractivity contribution in [1.29, 1.82) is 0 Å². The Bertz CT molecular complexity index is 611. The number of esters is 1. The zero-order valence-corrected chi connectivity index (χ0v) is 12.4. The molecule has 0 bridgehead atoms. The molecule has 0 amide bonds. The number of ether oxygens (including phenoxy) is 1. The van der Waals surface area contributed by atoms with Gasteiger partial charge in [-0.25, -0.2) is 17.9 Å². The third-order valence-electron chi connectivity index (χ3n) is 2.71. The number of carboxylic acid groups (broad SMARTS) is 1. The van der Waals surface area contributed by atoms with Gasteiger partial charge in [0.1, 0.15) is 0 Å². The highest BCUT2D eigenvalue weighted by Crippen LogP contribution is 2.06. The Balaban J connectivity index is 2.47. The van der Waals surface area contributed by atoms with Gasteiger partial charge in [0.15, 0.2) is 0 Å². The minimum atomic E-state index is -3.55. The molecule has 1 rings (SSSR count). The summed E-state index contributed by atoms with van der Waals surface area (Å²) in [5.74, 6) is -1.96. The van der Waals surface area contributed by atoms with E-state index in [0.29, 0.717) is 12.0 Å². The maximum Gasteiger partial charge on any atom is 0.335 e. The van der Waals surface area contributed by atoms with Crippen LogP contribution in [0.2, 0.25) is 0 Å². The first-order valence-electron chi connectivity index (χ1n) is 6.20. The maximum absolute atomic E-state index is 11.6. The van der Waals surface area contributed by atoms with Gasteiger partial charge in [-0.2, -0.15) is 0 Å². The van der Waals surface area contributed by atoms with Crippen LogP contribution in [0.1, 0.15) is 22.3 Å². The Hall–Kier alpha value is -1.93. The van der Waals surface area contributed by atoms with Crippen molar-refractivity contribution in [2.24, 2.45) is 0 Å². The van der Waals surface area contributed by atoms with Crippen molar-refractivity contribution in [1.82, 2.24) is 4.72 Å². The highest BCUT2D eigenvalue weighted by atomic mass is 32.2. The first-order chi connectivity index (χ1) is 9.84. The van der Waals surface area contributed by atoms with E-state index in [9.17, 15) is 18.0 Å². The molecular weight excluding hydrogens is 298 g/mol. The molecule has 0 aromatic heterocycles. The van der Waals surface area contributed by atoms with Gasteiger partial charge in [0, 0.05) is 6.54 Å². The lowest BCUT2D eigenvalue weighted by Gasteiger charge is -2.06. The number of benzene rings is 1. The van der Waals surface area contributed by atoms with Crippen molar-refractivity contribution in [2.75, 3.05) is 19.4 Å². The molecule has 0 atom stereocenters. The zero-order chi connectivity index (χ0) is 15.9. The molecule has 0 saturated heterocycles. The van der Waals surface area contributed by atoms with E-state index in [1.165, 1.54) is 19.2 Å². The molecule has 7 nitrogen and oxygen atoms in total. The van der Waals surface area contributed by atoms with Crippen LogP contribution in [-0.2, 0) is 26.0 Å². The standard InChI is InChI=1S/C13H17NO6S/c1-20-12(15)6-8-21(18,19)14-7-5-10-3-2-4-11(9-10)13(16)17/h2-4,9,14H,5-8H2,1H3,(H,16,17). The van der Waals surface area contributed by atoms with Crippen LogP contribution in [-0.4, -0.2) is 44.9 Å². The largest absolute Gasteiger partial charge is 0.478 e. The average molecular weight is 315 g/mol. The quantitative estimate of drug-likeness (QED) is 0.672. The van der Waals surface area contributed by atoms with Gasteiger partial charge in [-0.1, -0.05) is 12.1 Å². The molecule has 0 heterocycles. The molecule has 0 unspecified atom stereocenters. The summed E-state index contributed by atoms with van der Waals surface area (Å²) >= 11 is 0. The number of hydrogen-bond donors (Lipinski definition) is 2. The number of nitrogens with one attached hydrogen (secondary N) is 1. The van der Waals surface area contributed by atoms with Crippen molar-refractivity contribution < 1.29 is 27.9 Å². The maximum atomic E-state index is 11.6. The third kappa shape index (κ3) is 6.37. The molecule has 0 aliphatic rings. The Morgan fingerprint density at radius 1 is 1.33 bits per heavy atom. The molecule has 2 N–H and O–H groups in total. The molecule has 116 valence electrons. The van der Waals surface area contributed by atoms with Gasteiger partial charge in [-0.3, -0.25) is 4.79 Å². The topological polar surface area (TPSA) is 110 Å². The van der Waals surface area contributed by atoms with Crippen LogP contribution < -0.4 is 4.72 Å². The molecule has 0 fully saturated rings. The van der Waals surface area contributed by atoms with Gasteiger partial charge in [0.05, 0.1) is 24.8 Å². The molecule has 1 aromatic rings. The van der Waals surface area contributed by atoms with Gasteiger partial charge >= 0.3 is 11.9 Å². The number of hydrogen-bond acceptors (Lipinski definition) is 5. The van der Waals surface area contributed by atoms with Crippen LogP contribution >= 0.6 is 0 Å². The van der Waals surface area contributed by atoms with Crippen LogP contribution in [0, 0.1) is 0 Å². The third-order valence-corrected chi connectivity index (χ3v) is 4.10. The average Bonchev–Trinajstić information content (AvgIpc) is 2.45. The number of carbonyl (C=O) groups excluding carboxylic acids is 1. The number of methoxy groups -OCH3 is 1. The fourth-order valence-corrected chi connectivity index (χ4v) is 2.60. The van der Waals surface area contributed by atoms with E-state index in [4.69, 9.17) is 5.11 Å². The summed E-state index contributed by atoms with van der Waals surface area (Å²) in [6, 6.07) is 6.27. The highest BCUT2D eigenvalue weighted by molar-refractivity contribution is 7.89. The van der Waals surface area contributed by atoms with Crippen LogP contribution in [0.5, 0.6) is 0 Å². The number of carboxylic acids is 1. The lowest BCUT2D eigenvalue weighted by molar-refractivity contribution is -0.140. The van der Waals surface area contributed by atoms with Gasteiger partial charge < -0.3 is 9.84 Å². The van der Waals surface area contributed by atoms with Crippen molar-refractivity contribution >= 4 is 22.0 Å². The van der Waals surface area contributed by atoms with Crippen molar-refractivity contribution in [3.8, 4) is 0 Å². The number of sulfonamides is 1. The minimum absolute atomic E-state index is 0.132. The molecule has 8 heteroatoms. The summed E-state index contributed by atoms with van der Waals surface area (Å²) in [5.41, 5.74) is 0.867. The molecule has 1 aromatic carbocycles. The summed E-state index contributed by atoms with van der Waals surface area (Å²) in [5, 5.41) is 8.85. The normalized spacial score (nSPS) is 11.1. The van der Waals surface area contributed by atoms with E-state index in [0.717, 1.165) is 0 Å². The van der Waals surface area contributed by atoms with E-state index in [1.54, 1.807) is 12.1 Å². The summed E-state index contributed by atoms with van der Waals surface area (Å²) in [7, 11) is -2.36. The first kappa shape index (κ1) is 17.1. The second kappa shape index (κ2) is 7.75. The summed E-state index contributed by atoms with van der Waals surface area (Å²) < 4.78 is 29.9. The van der Waals surface area contributed by atoms with Gasteiger partial charge in [0.25, 0.3) is 0 Å². The Labute approximate surface area is 123 Å². The fraction of sp³-hybridized carbons (Fsp3) is 0.385. The van der Waals surface area contributed by atoms with E-state index in [1.807, 2.05) is 0 Å². The Morgan fingerprint density at radius 3 is 2.67 bits per heavy atom. The SMILES string of the molecule is COC(=O)CCS(=O)(=O)NCCc1cccc(C(=O)O)c1. The van der Waals surface area contributed by atoms with Crippen molar-refractivity contribution in [3.05, 3.63) is 35.4 Å². The molecule has 0 aliphatic heterocycles. The number of rotatable bonds is 8. The Kier molecular flexibility index (Phi) is 6.32. The van der Waals surface area contributed by atoms with Crippen LogP contribution in [0.3, 0.4) is 0 Å². The lowest BCUT2D eigenvalue weighted by atomic mass is 10.1. The molecule has 0 aliphatic carbocycles. The summed E-state index contributed by atoms with van der Waals surface area (Å²) in [6.07, 6.45) is 0.152. The van der Waals surface area contributed by atoms with Crippen molar-refractivity contribution in [2.45, 2.75) is 12.8 Å². The second-order valence-electron chi connectivity index (χ2n) is 4.29. The predicted octanol–water partition coefficient (Wildman–Crippen LogP) is 0.410. The molecular formula is C13H17NO6S. The van der Waals surface area contributed by atoms with E-state index in [-0.39, 0.29) is 24.3 Å². The minimum Gasteiger partial charge on any atom is -0.478 e. The van der Waals surface area contributed by atoms with Crippen LogP contribution in [0.15, 0.2) is 24.3 Å². The lowest BCUT2D eigenvalue weighted by Crippen LogP contribution is -2.29. The molecule has 21 heavy (non-hydrogen) atoms. The van der Waals surface area contributed by atoms with E-state index < -0.39 is 22.0 Å². The van der Waals surface area contributed by atoms with E-state index >= 15 is 0 Å². The molecule has 0 spiro atoms.